The first kappa shape index (κ1) is 20.9. The van der Waals surface area contributed by atoms with Gasteiger partial charge in [0.05, 0.1) is 7.11 Å². The second kappa shape index (κ2) is 16.3. The van der Waals surface area contributed by atoms with E-state index in [0.717, 1.165) is 24.6 Å². The summed E-state index contributed by atoms with van der Waals surface area (Å²) in [6.07, 6.45) is 15.4. The maximum absolute atomic E-state index is 11.3. The molecule has 0 atom stereocenters. The normalized spacial score (nSPS) is 11.4. The standard InChI is InChI=1S/C17H32O4Si/c1-3-4-5-6-7-8-9-10-11-12-15-22-21-17(19)14-13-16(18)20-2/h13-14H,3-12,15,22H2,1-2H3. The maximum Gasteiger partial charge on any atom is 0.330 e. The number of unbranched alkanes of at least 4 members (excludes halogenated alkanes) is 9. The number of esters is 1. The third-order valence-electron chi connectivity index (χ3n) is 3.55. The van der Waals surface area contributed by atoms with Crippen LogP contribution >= 0.6 is 0 Å². The van der Waals surface area contributed by atoms with Crippen molar-refractivity contribution in [3.63, 3.8) is 0 Å². The minimum Gasteiger partial charge on any atom is -0.522 e. The molecule has 5 heteroatoms. The number of carbonyl (C=O) groups excluding carboxylic acids is 2. The van der Waals surface area contributed by atoms with Crippen molar-refractivity contribution in [2.45, 2.75) is 77.2 Å². The predicted octanol–water partition coefficient (Wildman–Crippen LogP) is 3.68. The molecule has 0 rings (SSSR count). The number of hydrogen-bond acceptors (Lipinski definition) is 4. The summed E-state index contributed by atoms with van der Waals surface area (Å²) < 4.78 is 9.52. The van der Waals surface area contributed by atoms with E-state index in [1.807, 2.05) is 0 Å². The largest absolute Gasteiger partial charge is 0.522 e. The van der Waals surface area contributed by atoms with Crippen LogP contribution in [0.15, 0.2) is 12.2 Å². The van der Waals surface area contributed by atoms with E-state index in [4.69, 9.17) is 4.43 Å². The molecule has 4 nitrogen and oxygen atoms in total. The van der Waals surface area contributed by atoms with Crippen LogP contribution in [0.1, 0.15) is 71.1 Å². The maximum atomic E-state index is 11.3. The van der Waals surface area contributed by atoms with Gasteiger partial charge in [0.2, 0.25) is 9.76 Å². The molecule has 22 heavy (non-hydrogen) atoms. The number of rotatable bonds is 14. The molecular formula is C17H32O4Si. The molecular weight excluding hydrogens is 296 g/mol. The molecule has 0 aromatic heterocycles. The Morgan fingerprint density at radius 3 is 1.86 bits per heavy atom. The summed E-state index contributed by atoms with van der Waals surface area (Å²) in [6, 6.07) is 1.02. The van der Waals surface area contributed by atoms with E-state index in [2.05, 4.69) is 11.7 Å². The second-order valence-corrected chi connectivity index (χ2v) is 6.96. The Morgan fingerprint density at radius 2 is 1.32 bits per heavy atom. The lowest BCUT2D eigenvalue weighted by Gasteiger charge is -2.03. The highest BCUT2D eigenvalue weighted by Gasteiger charge is 1.99. The topological polar surface area (TPSA) is 52.6 Å². The molecule has 0 aliphatic heterocycles. The summed E-state index contributed by atoms with van der Waals surface area (Å²) in [5, 5.41) is 0. The lowest BCUT2D eigenvalue weighted by atomic mass is 10.1. The molecule has 0 amide bonds. The van der Waals surface area contributed by atoms with Gasteiger partial charge < -0.3 is 9.16 Å². The zero-order valence-electron chi connectivity index (χ0n) is 14.3. The van der Waals surface area contributed by atoms with Gasteiger partial charge in [-0.3, -0.25) is 0 Å². The van der Waals surface area contributed by atoms with Crippen LogP contribution in [0.2, 0.25) is 6.04 Å². The first-order valence-electron chi connectivity index (χ1n) is 8.63. The van der Waals surface area contributed by atoms with Gasteiger partial charge in [-0.1, -0.05) is 71.1 Å². The number of hydrogen-bond donors (Lipinski definition) is 0. The number of methoxy groups -OCH3 is 1. The van der Waals surface area contributed by atoms with Crippen LogP contribution in [0.25, 0.3) is 0 Å². The third-order valence-corrected chi connectivity index (χ3v) is 4.83. The van der Waals surface area contributed by atoms with Gasteiger partial charge in [-0.25, -0.2) is 9.59 Å². The minimum absolute atomic E-state index is 0.427. The van der Waals surface area contributed by atoms with Gasteiger partial charge in [0.25, 0.3) is 0 Å². The fraction of sp³-hybridized carbons (Fsp3) is 0.765. The first-order valence-corrected chi connectivity index (χ1v) is 10.2. The molecule has 0 heterocycles. The second-order valence-electron chi connectivity index (χ2n) is 5.56. The van der Waals surface area contributed by atoms with Gasteiger partial charge in [-0.15, -0.1) is 0 Å². The monoisotopic (exact) mass is 328 g/mol. The van der Waals surface area contributed by atoms with E-state index in [1.165, 1.54) is 64.9 Å². The quantitative estimate of drug-likeness (QED) is 0.211. The molecule has 0 radical (unpaired) electrons. The number of carbonyl (C=O) groups is 2. The van der Waals surface area contributed by atoms with Crippen molar-refractivity contribution >= 4 is 21.7 Å². The van der Waals surface area contributed by atoms with Crippen LogP contribution in [0.3, 0.4) is 0 Å². The molecule has 128 valence electrons. The molecule has 0 spiro atoms. The smallest absolute Gasteiger partial charge is 0.330 e. The lowest BCUT2D eigenvalue weighted by Crippen LogP contribution is -2.06. The van der Waals surface area contributed by atoms with Crippen molar-refractivity contribution < 1.29 is 18.8 Å². The van der Waals surface area contributed by atoms with Crippen LogP contribution in [-0.4, -0.2) is 28.8 Å². The fourth-order valence-electron chi connectivity index (χ4n) is 2.19. The van der Waals surface area contributed by atoms with E-state index < -0.39 is 21.7 Å². The molecule has 0 saturated carbocycles. The van der Waals surface area contributed by atoms with Gasteiger partial charge in [0.15, 0.2) is 0 Å². The summed E-state index contributed by atoms with van der Waals surface area (Å²) >= 11 is 0. The molecule has 0 fully saturated rings. The zero-order valence-corrected chi connectivity index (χ0v) is 15.7. The highest BCUT2D eigenvalue weighted by molar-refractivity contribution is 6.31. The van der Waals surface area contributed by atoms with E-state index in [9.17, 15) is 9.59 Å². The number of ether oxygens (including phenoxy) is 1. The first-order chi connectivity index (χ1) is 10.7. The third kappa shape index (κ3) is 15.3. The van der Waals surface area contributed by atoms with Crippen molar-refractivity contribution in [2.24, 2.45) is 0 Å². The van der Waals surface area contributed by atoms with Gasteiger partial charge >= 0.3 is 11.9 Å². The average Bonchev–Trinajstić information content (AvgIpc) is 2.53. The van der Waals surface area contributed by atoms with Gasteiger partial charge in [0, 0.05) is 12.2 Å². The van der Waals surface area contributed by atoms with E-state index >= 15 is 0 Å². The van der Waals surface area contributed by atoms with E-state index in [1.54, 1.807) is 0 Å². The Kier molecular flexibility index (Phi) is 15.5. The van der Waals surface area contributed by atoms with Crippen molar-refractivity contribution in [3.8, 4) is 0 Å². The molecule has 0 aliphatic rings. The zero-order chi connectivity index (χ0) is 16.5. The van der Waals surface area contributed by atoms with E-state index in [0.29, 0.717) is 0 Å². The van der Waals surface area contributed by atoms with Crippen LogP contribution < -0.4 is 0 Å². The Labute approximate surface area is 137 Å². The summed E-state index contributed by atoms with van der Waals surface area (Å²) in [7, 11) is 0.482. The van der Waals surface area contributed by atoms with Crippen molar-refractivity contribution in [3.05, 3.63) is 12.2 Å². The summed E-state index contributed by atoms with van der Waals surface area (Å²) in [4.78, 5) is 22.0. The molecule has 0 unspecified atom stereocenters. The van der Waals surface area contributed by atoms with Crippen LogP contribution in [-0.2, 0) is 18.8 Å². The van der Waals surface area contributed by atoms with Crippen molar-refractivity contribution in [2.75, 3.05) is 7.11 Å². The van der Waals surface area contributed by atoms with Crippen molar-refractivity contribution in [1.82, 2.24) is 0 Å². The highest BCUT2D eigenvalue weighted by atomic mass is 28.2. The summed E-state index contributed by atoms with van der Waals surface area (Å²) in [5.74, 6) is -0.961. The summed E-state index contributed by atoms with van der Waals surface area (Å²) in [6.45, 7) is 2.25. The van der Waals surface area contributed by atoms with Gasteiger partial charge in [0.1, 0.15) is 0 Å². The van der Waals surface area contributed by atoms with Crippen molar-refractivity contribution in [1.29, 1.82) is 0 Å². The Hall–Kier alpha value is -1.10. The molecule has 0 bridgehead atoms. The van der Waals surface area contributed by atoms with Crippen LogP contribution in [0.4, 0.5) is 0 Å². The average molecular weight is 329 g/mol. The molecule has 0 N–H and O–H groups in total. The Morgan fingerprint density at radius 1 is 0.818 bits per heavy atom. The fourth-order valence-corrected chi connectivity index (χ4v) is 3.19. The molecule has 0 aliphatic carbocycles. The highest BCUT2D eigenvalue weighted by Crippen LogP contribution is 2.11. The van der Waals surface area contributed by atoms with E-state index in [-0.39, 0.29) is 0 Å². The van der Waals surface area contributed by atoms with Crippen LogP contribution in [0.5, 0.6) is 0 Å². The molecule has 0 aromatic carbocycles. The molecule has 0 saturated heterocycles. The minimum atomic E-state index is -0.794. The SMILES string of the molecule is CCCCCCCCCCCC[SiH2]OC(=O)C=CC(=O)OC. The summed E-state index contributed by atoms with van der Waals surface area (Å²) in [5.41, 5.74) is 0. The van der Waals surface area contributed by atoms with Crippen LogP contribution in [0, 0.1) is 0 Å². The van der Waals surface area contributed by atoms with Gasteiger partial charge in [-0.2, -0.15) is 0 Å². The Bertz CT molecular complexity index is 316. The Balaban J connectivity index is 3.25. The molecule has 0 aromatic rings. The van der Waals surface area contributed by atoms with Gasteiger partial charge in [-0.05, 0) is 6.04 Å². The lowest BCUT2D eigenvalue weighted by molar-refractivity contribution is -0.135. The predicted molar refractivity (Wildman–Crippen MR) is 92.4 cm³/mol.